The molecule has 1 aliphatic carbocycles. The number of thiophene rings is 1. The molecule has 0 aliphatic heterocycles. The lowest BCUT2D eigenvalue weighted by Gasteiger charge is -2.22. The number of aliphatic imine (C=N–C) groups is 1. The summed E-state index contributed by atoms with van der Waals surface area (Å²) >= 11 is 1.76. The zero-order valence-electron chi connectivity index (χ0n) is 15.5. The van der Waals surface area contributed by atoms with Crippen molar-refractivity contribution >= 4 is 23.2 Å². The molecular weight excluding hydrogens is 336 g/mol. The van der Waals surface area contributed by atoms with Gasteiger partial charge in [-0.15, -0.1) is 11.3 Å². The molecule has 0 spiro atoms. The highest BCUT2D eigenvalue weighted by atomic mass is 32.1. The third-order valence-electron chi connectivity index (χ3n) is 4.08. The molecule has 1 aromatic heterocycles. The topological polar surface area (TPSA) is 57.2 Å². The lowest BCUT2D eigenvalue weighted by Crippen LogP contribution is -2.42. The predicted molar refractivity (Wildman–Crippen MR) is 103 cm³/mol. The van der Waals surface area contributed by atoms with Crippen molar-refractivity contribution in [3.05, 3.63) is 22.4 Å². The number of carbonyl (C=O) groups excluding carboxylic acids is 1. The third-order valence-corrected chi connectivity index (χ3v) is 5.02. The second-order valence-corrected chi connectivity index (χ2v) is 7.66. The summed E-state index contributed by atoms with van der Waals surface area (Å²) in [6, 6.07) is 4.20. The predicted octanol–water partition coefficient (Wildman–Crippen LogP) is 1.68. The first-order valence-electron chi connectivity index (χ1n) is 8.86. The molecule has 2 rings (SSSR count). The lowest BCUT2D eigenvalue weighted by molar-refractivity contribution is -0.127. The summed E-state index contributed by atoms with van der Waals surface area (Å²) in [4.78, 5) is 21.2. The standard InChI is InChI=1S/C18H30N4O2S/c1-21(2)17(23)13-20-18(19-9-8-16-5-4-12-25-16)22(3)10-11-24-14-15-6-7-15/h4-5,12,15H,6-11,13-14H2,1-3H3,(H,19,20). The van der Waals surface area contributed by atoms with Crippen LogP contribution in [0, 0.1) is 5.92 Å². The monoisotopic (exact) mass is 366 g/mol. The van der Waals surface area contributed by atoms with Crippen molar-refractivity contribution in [2.24, 2.45) is 10.9 Å². The van der Waals surface area contributed by atoms with E-state index in [4.69, 9.17) is 4.74 Å². The van der Waals surface area contributed by atoms with Crippen molar-refractivity contribution in [2.75, 3.05) is 54.0 Å². The summed E-state index contributed by atoms with van der Waals surface area (Å²) in [5, 5.41) is 5.46. The van der Waals surface area contributed by atoms with Gasteiger partial charge in [-0.3, -0.25) is 4.79 Å². The number of rotatable bonds is 10. The Morgan fingerprint density at radius 2 is 2.20 bits per heavy atom. The number of likely N-dealkylation sites (N-methyl/N-ethyl adjacent to an activating group) is 2. The molecule has 0 bridgehead atoms. The summed E-state index contributed by atoms with van der Waals surface area (Å²) < 4.78 is 5.71. The van der Waals surface area contributed by atoms with Crippen LogP contribution in [-0.2, 0) is 16.0 Å². The Kier molecular flexibility index (Phi) is 8.21. The first kappa shape index (κ1) is 19.7. The summed E-state index contributed by atoms with van der Waals surface area (Å²) in [6.45, 7) is 3.25. The Morgan fingerprint density at radius 1 is 1.40 bits per heavy atom. The van der Waals surface area contributed by atoms with Gasteiger partial charge in [-0.2, -0.15) is 0 Å². The smallest absolute Gasteiger partial charge is 0.243 e. The Bertz CT molecular complexity index is 541. The summed E-state index contributed by atoms with van der Waals surface area (Å²) in [7, 11) is 5.48. The quantitative estimate of drug-likeness (QED) is 0.389. The number of amides is 1. The van der Waals surface area contributed by atoms with Crippen molar-refractivity contribution in [1.29, 1.82) is 0 Å². The molecule has 1 fully saturated rings. The van der Waals surface area contributed by atoms with Crippen LogP contribution in [0.1, 0.15) is 17.7 Å². The molecule has 7 heteroatoms. The summed E-state index contributed by atoms with van der Waals surface area (Å²) in [5.74, 6) is 1.53. The van der Waals surface area contributed by atoms with Gasteiger partial charge >= 0.3 is 0 Å². The lowest BCUT2D eigenvalue weighted by atomic mass is 10.3. The Labute approximate surface area is 154 Å². The highest BCUT2D eigenvalue weighted by Gasteiger charge is 2.21. The molecule has 1 amide bonds. The number of carbonyl (C=O) groups is 1. The zero-order valence-corrected chi connectivity index (χ0v) is 16.3. The molecule has 0 atom stereocenters. The highest BCUT2D eigenvalue weighted by Crippen LogP contribution is 2.28. The number of hydrogen-bond acceptors (Lipinski definition) is 4. The number of nitrogens with zero attached hydrogens (tertiary/aromatic N) is 3. The SMILES string of the molecule is CN(C)C(=O)CN=C(NCCc1cccs1)N(C)CCOCC1CC1. The van der Waals surface area contributed by atoms with E-state index in [1.54, 1.807) is 30.3 Å². The molecule has 140 valence electrons. The Hall–Kier alpha value is -1.60. The van der Waals surface area contributed by atoms with Gasteiger partial charge in [0.1, 0.15) is 6.54 Å². The van der Waals surface area contributed by atoms with Crippen LogP contribution in [0.5, 0.6) is 0 Å². The fourth-order valence-electron chi connectivity index (χ4n) is 2.19. The summed E-state index contributed by atoms with van der Waals surface area (Å²) in [5.41, 5.74) is 0. The Morgan fingerprint density at radius 3 is 2.84 bits per heavy atom. The van der Waals surface area contributed by atoms with Crippen LogP contribution in [0.2, 0.25) is 0 Å². The summed E-state index contributed by atoms with van der Waals surface area (Å²) in [6.07, 6.45) is 3.56. The molecular formula is C18H30N4O2S. The largest absolute Gasteiger partial charge is 0.379 e. The maximum Gasteiger partial charge on any atom is 0.243 e. The second-order valence-electron chi connectivity index (χ2n) is 6.62. The van der Waals surface area contributed by atoms with Crippen LogP contribution in [0.25, 0.3) is 0 Å². The minimum Gasteiger partial charge on any atom is -0.379 e. The fraction of sp³-hybridized carbons (Fsp3) is 0.667. The van der Waals surface area contributed by atoms with Gasteiger partial charge in [-0.1, -0.05) is 6.07 Å². The third kappa shape index (κ3) is 7.88. The van der Waals surface area contributed by atoms with Gasteiger partial charge in [-0.05, 0) is 36.6 Å². The van der Waals surface area contributed by atoms with E-state index in [0.717, 1.165) is 38.0 Å². The molecule has 1 heterocycles. The number of nitrogens with one attached hydrogen (secondary N) is 1. The average Bonchev–Trinajstić information content (AvgIpc) is 3.27. The van der Waals surface area contributed by atoms with E-state index in [1.807, 2.05) is 11.9 Å². The van der Waals surface area contributed by atoms with E-state index in [9.17, 15) is 4.79 Å². The highest BCUT2D eigenvalue weighted by molar-refractivity contribution is 7.09. The maximum absolute atomic E-state index is 11.8. The van der Waals surface area contributed by atoms with Crippen molar-refractivity contribution in [1.82, 2.24) is 15.1 Å². The molecule has 0 aromatic carbocycles. The van der Waals surface area contributed by atoms with Crippen LogP contribution >= 0.6 is 11.3 Å². The number of hydrogen-bond donors (Lipinski definition) is 1. The van der Waals surface area contributed by atoms with E-state index in [2.05, 4.69) is 27.8 Å². The van der Waals surface area contributed by atoms with Gasteiger partial charge in [0.25, 0.3) is 0 Å². The van der Waals surface area contributed by atoms with Crippen LogP contribution in [0.15, 0.2) is 22.5 Å². The molecule has 0 saturated heterocycles. The molecule has 1 saturated carbocycles. The van der Waals surface area contributed by atoms with E-state index < -0.39 is 0 Å². The van der Waals surface area contributed by atoms with Crippen molar-refractivity contribution in [2.45, 2.75) is 19.3 Å². The number of ether oxygens (including phenoxy) is 1. The van der Waals surface area contributed by atoms with Gasteiger partial charge in [-0.25, -0.2) is 4.99 Å². The number of guanidine groups is 1. The van der Waals surface area contributed by atoms with E-state index >= 15 is 0 Å². The minimum atomic E-state index is -0.00376. The van der Waals surface area contributed by atoms with E-state index in [-0.39, 0.29) is 12.5 Å². The van der Waals surface area contributed by atoms with Gasteiger partial charge in [0.2, 0.25) is 5.91 Å². The van der Waals surface area contributed by atoms with Gasteiger partial charge < -0.3 is 19.9 Å². The Balaban J connectivity index is 1.80. The maximum atomic E-state index is 11.8. The van der Waals surface area contributed by atoms with E-state index in [0.29, 0.717) is 6.61 Å². The van der Waals surface area contributed by atoms with Crippen LogP contribution in [-0.4, -0.2) is 75.7 Å². The molecule has 1 N–H and O–H groups in total. The van der Waals surface area contributed by atoms with Crippen molar-refractivity contribution in [3.8, 4) is 0 Å². The fourth-order valence-corrected chi connectivity index (χ4v) is 2.90. The van der Waals surface area contributed by atoms with Gasteiger partial charge in [0.05, 0.1) is 6.61 Å². The average molecular weight is 367 g/mol. The molecule has 0 unspecified atom stereocenters. The van der Waals surface area contributed by atoms with Crippen molar-refractivity contribution in [3.63, 3.8) is 0 Å². The van der Waals surface area contributed by atoms with Gasteiger partial charge in [0, 0.05) is 45.7 Å². The van der Waals surface area contributed by atoms with E-state index in [1.165, 1.54) is 17.7 Å². The molecule has 0 radical (unpaired) electrons. The van der Waals surface area contributed by atoms with Crippen LogP contribution in [0.4, 0.5) is 0 Å². The molecule has 1 aliphatic rings. The molecule has 25 heavy (non-hydrogen) atoms. The van der Waals surface area contributed by atoms with Crippen molar-refractivity contribution < 1.29 is 9.53 Å². The second kappa shape index (κ2) is 10.4. The minimum absolute atomic E-state index is 0.00376. The van der Waals surface area contributed by atoms with Crippen LogP contribution < -0.4 is 5.32 Å². The molecule has 6 nitrogen and oxygen atoms in total. The zero-order chi connectivity index (χ0) is 18.1. The van der Waals surface area contributed by atoms with Gasteiger partial charge in [0.15, 0.2) is 5.96 Å². The first-order valence-corrected chi connectivity index (χ1v) is 9.74. The normalized spacial score (nSPS) is 14.4. The molecule has 1 aromatic rings. The first-order chi connectivity index (χ1) is 12.1. The van der Waals surface area contributed by atoms with Crippen LogP contribution in [0.3, 0.4) is 0 Å².